The molecule has 4 nitrogen and oxygen atoms in total. The SMILES string of the molecule is COC(=O)CCC[C@@H](/C=C/C=C\CCO)O[Si](c1ccccc1)(c1ccccc1)C(C)(C)C. The molecule has 0 unspecified atom stereocenters. The van der Waals surface area contributed by atoms with Crippen molar-refractivity contribution in [3.63, 3.8) is 0 Å². The number of ether oxygens (including phenoxy) is 1. The number of methoxy groups -OCH3 is 1. The summed E-state index contributed by atoms with van der Waals surface area (Å²) in [6, 6.07) is 21.1. The molecule has 1 atom stereocenters. The maximum absolute atomic E-state index is 11.7. The van der Waals surface area contributed by atoms with Crippen LogP contribution < -0.4 is 10.4 Å². The van der Waals surface area contributed by atoms with Gasteiger partial charge in [0.2, 0.25) is 0 Å². The van der Waals surface area contributed by atoms with E-state index in [1.54, 1.807) is 0 Å². The highest BCUT2D eigenvalue weighted by Gasteiger charge is 2.51. The first-order chi connectivity index (χ1) is 15.8. The summed E-state index contributed by atoms with van der Waals surface area (Å²) in [7, 11) is -1.28. The van der Waals surface area contributed by atoms with Gasteiger partial charge < -0.3 is 14.3 Å². The van der Waals surface area contributed by atoms with Gasteiger partial charge in [0, 0.05) is 13.0 Å². The van der Waals surface area contributed by atoms with Crippen LogP contribution in [0.3, 0.4) is 0 Å². The fourth-order valence-corrected chi connectivity index (χ4v) is 8.77. The monoisotopic (exact) mass is 466 g/mol. The summed E-state index contributed by atoms with van der Waals surface area (Å²) in [5.74, 6) is -0.203. The lowest BCUT2D eigenvalue weighted by Gasteiger charge is -2.44. The molecule has 0 bridgehead atoms. The highest BCUT2D eigenvalue weighted by Crippen LogP contribution is 2.38. The molecule has 0 fully saturated rings. The smallest absolute Gasteiger partial charge is 0.305 e. The highest BCUT2D eigenvalue weighted by molar-refractivity contribution is 6.99. The third-order valence-electron chi connectivity index (χ3n) is 5.71. The van der Waals surface area contributed by atoms with Crippen molar-refractivity contribution in [2.24, 2.45) is 0 Å². The van der Waals surface area contributed by atoms with Crippen molar-refractivity contribution < 1.29 is 19.1 Å². The number of esters is 1. The van der Waals surface area contributed by atoms with Crippen LogP contribution in [-0.2, 0) is 14.0 Å². The first-order valence-electron chi connectivity index (χ1n) is 11.6. The van der Waals surface area contributed by atoms with E-state index in [0.29, 0.717) is 25.7 Å². The summed E-state index contributed by atoms with van der Waals surface area (Å²) in [6.45, 7) is 6.91. The molecule has 2 rings (SSSR count). The molecule has 2 aromatic carbocycles. The van der Waals surface area contributed by atoms with Gasteiger partial charge in [-0.2, -0.15) is 0 Å². The molecule has 0 saturated heterocycles. The molecule has 0 amide bonds. The van der Waals surface area contributed by atoms with Gasteiger partial charge in [-0.25, -0.2) is 0 Å². The van der Waals surface area contributed by atoms with Crippen LogP contribution >= 0.6 is 0 Å². The van der Waals surface area contributed by atoms with Crippen molar-refractivity contribution in [2.45, 2.75) is 57.6 Å². The van der Waals surface area contributed by atoms with Crippen LogP contribution in [0.25, 0.3) is 0 Å². The van der Waals surface area contributed by atoms with Crippen LogP contribution in [0.2, 0.25) is 5.04 Å². The van der Waals surface area contributed by atoms with E-state index >= 15 is 0 Å². The van der Waals surface area contributed by atoms with Crippen molar-refractivity contribution in [2.75, 3.05) is 13.7 Å². The molecule has 0 radical (unpaired) electrons. The summed E-state index contributed by atoms with van der Waals surface area (Å²) in [5.41, 5.74) is 0. The fraction of sp³-hybridized carbons (Fsp3) is 0.393. The Hall–Kier alpha value is -2.47. The molecule has 0 aliphatic heterocycles. The molecule has 0 aliphatic rings. The Morgan fingerprint density at radius 2 is 1.58 bits per heavy atom. The zero-order valence-corrected chi connectivity index (χ0v) is 21.4. The summed E-state index contributed by atoms with van der Waals surface area (Å²) in [4.78, 5) is 11.7. The lowest BCUT2D eigenvalue weighted by molar-refractivity contribution is -0.140. The van der Waals surface area contributed by atoms with Crippen LogP contribution in [0.15, 0.2) is 85.0 Å². The predicted octanol–water partition coefficient (Wildman–Crippen LogP) is 4.77. The van der Waals surface area contributed by atoms with Gasteiger partial charge in [-0.05, 0) is 34.7 Å². The Morgan fingerprint density at radius 1 is 1.00 bits per heavy atom. The van der Waals surface area contributed by atoms with Gasteiger partial charge in [0.1, 0.15) is 0 Å². The van der Waals surface area contributed by atoms with Crippen LogP contribution in [0, 0.1) is 0 Å². The number of aliphatic hydroxyl groups excluding tert-OH is 1. The summed E-state index contributed by atoms with van der Waals surface area (Å²) in [6.07, 6.45) is 10.1. The van der Waals surface area contributed by atoms with Gasteiger partial charge in [-0.1, -0.05) is 106 Å². The number of hydrogen-bond donors (Lipinski definition) is 1. The topological polar surface area (TPSA) is 55.8 Å². The van der Waals surface area contributed by atoms with E-state index in [1.165, 1.54) is 17.5 Å². The number of benzene rings is 2. The molecule has 0 spiro atoms. The number of allylic oxidation sites excluding steroid dienone is 2. The molecule has 0 aliphatic carbocycles. The quantitative estimate of drug-likeness (QED) is 0.278. The second-order valence-corrected chi connectivity index (χ2v) is 13.4. The lowest BCUT2D eigenvalue weighted by atomic mass is 10.1. The van der Waals surface area contributed by atoms with Crippen molar-refractivity contribution >= 4 is 24.7 Å². The third-order valence-corrected chi connectivity index (χ3v) is 10.8. The molecule has 33 heavy (non-hydrogen) atoms. The van der Waals surface area contributed by atoms with E-state index in [0.717, 1.165) is 0 Å². The van der Waals surface area contributed by atoms with Gasteiger partial charge >= 0.3 is 5.97 Å². The Balaban J connectivity index is 2.49. The summed E-state index contributed by atoms with van der Waals surface area (Å²) < 4.78 is 12.0. The Morgan fingerprint density at radius 3 is 2.06 bits per heavy atom. The van der Waals surface area contributed by atoms with Crippen LogP contribution in [-0.4, -0.2) is 39.2 Å². The van der Waals surface area contributed by atoms with Crippen molar-refractivity contribution in [3.05, 3.63) is 85.0 Å². The first kappa shape index (κ1) is 26.8. The molecule has 2 aromatic rings. The zero-order valence-electron chi connectivity index (χ0n) is 20.4. The predicted molar refractivity (Wildman–Crippen MR) is 138 cm³/mol. The molecule has 0 heterocycles. The minimum atomic E-state index is -2.70. The Bertz CT molecular complexity index is 846. The molecular weight excluding hydrogens is 428 g/mol. The van der Waals surface area contributed by atoms with Gasteiger partial charge in [0.05, 0.1) is 13.2 Å². The van der Waals surface area contributed by atoms with Crippen molar-refractivity contribution in [3.8, 4) is 0 Å². The second-order valence-electron chi connectivity index (χ2n) is 9.11. The number of carbonyl (C=O) groups is 1. The molecule has 0 aromatic heterocycles. The van der Waals surface area contributed by atoms with Gasteiger partial charge in [0.25, 0.3) is 8.32 Å². The molecular formula is C28H38O4Si. The van der Waals surface area contributed by atoms with E-state index in [4.69, 9.17) is 14.3 Å². The largest absolute Gasteiger partial charge is 0.469 e. The van der Waals surface area contributed by atoms with E-state index in [1.807, 2.05) is 30.4 Å². The molecule has 178 valence electrons. The van der Waals surface area contributed by atoms with E-state index in [2.05, 4.69) is 75.4 Å². The maximum Gasteiger partial charge on any atom is 0.305 e. The minimum absolute atomic E-state index is 0.128. The van der Waals surface area contributed by atoms with Crippen molar-refractivity contribution in [1.29, 1.82) is 0 Å². The lowest BCUT2D eigenvalue weighted by Crippen LogP contribution is -2.67. The average Bonchev–Trinajstić information content (AvgIpc) is 2.82. The van der Waals surface area contributed by atoms with Crippen molar-refractivity contribution in [1.82, 2.24) is 0 Å². The molecule has 5 heteroatoms. The fourth-order valence-electron chi connectivity index (χ4n) is 4.10. The minimum Gasteiger partial charge on any atom is -0.469 e. The van der Waals surface area contributed by atoms with Crippen LogP contribution in [0.4, 0.5) is 0 Å². The summed E-state index contributed by atoms with van der Waals surface area (Å²) in [5, 5.41) is 11.3. The standard InChI is InChI=1S/C28H38O4Si/c1-28(2,3)33(25-18-10-7-11-19-25,26-20-12-8-13-21-26)32-24(16-9-5-6-14-23-29)17-15-22-27(30)31-4/h5-13,16,18-21,24,29H,14-15,17,22-23H2,1-4H3/b6-5-,16-9+/t24-/m1/s1. The highest BCUT2D eigenvalue weighted by atomic mass is 28.4. The van der Waals surface area contributed by atoms with Gasteiger partial charge in [0.15, 0.2) is 0 Å². The van der Waals surface area contributed by atoms with Gasteiger partial charge in [-0.15, -0.1) is 0 Å². The van der Waals surface area contributed by atoms with Crippen LogP contribution in [0.1, 0.15) is 46.5 Å². The molecule has 1 N–H and O–H groups in total. The number of hydrogen-bond acceptors (Lipinski definition) is 4. The first-order valence-corrected chi connectivity index (χ1v) is 13.6. The zero-order chi connectivity index (χ0) is 24.2. The number of rotatable bonds is 12. The normalized spacial score (nSPS) is 13.5. The third kappa shape index (κ3) is 7.53. The van der Waals surface area contributed by atoms with E-state index < -0.39 is 8.32 Å². The van der Waals surface area contributed by atoms with Crippen LogP contribution in [0.5, 0.6) is 0 Å². The van der Waals surface area contributed by atoms with E-state index in [9.17, 15) is 4.79 Å². The molecule has 0 saturated carbocycles. The summed E-state index contributed by atoms with van der Waals surface area (Å²) >= 11 is 0. The Kier molecular flexibility index (Phi) is 10.8. The number of aliphatic hydroxyl groups is 1. The average molecular weight is 467 g/mol. The number of carbonyl (C=O) groups excluding carboxylic acids is 1. The Labute approximate surface area is 200 Å². The van der Waals surface area contributed by atoms with Gasteiger partial charge in [-0.3, -0.25) is 4.79 Å². The maximum atomic E-state index is 11.7. The second kappa shape index (κ2) is 13.3. The van der Waals surface area contributed by atoms with E-state index in [-0.39, 0.29) is 23.7 Å².